The number of ether oxygens (including phenoxy) is 2. The van der Waals surface area contributed by atoms with Gasteiger partial charge in [-0.1, -0.05) is 0 Å². The molecule has 134 valence electrons. The zero-order chi connectivity index (χ0) is 18.0. The van der Waals surface area contributed by atoms with Gasteiger partial charge in [-0.2, -0.15) is 0 Å². The molecule has 2 atom stereocenters. The number of carbonyl (C=O) groups excluding carboxylic acids is 2. The average molecular weight is 332 g/mol. The second-order valence-electron chi connectivity index (χ2n) is 6.11. The Hall–Kier alpha value is -1.83. The lowest BCUT2D eigenvalue weighted by Gasteiger charge is -2.22. The van der Waals surface area contributed by atoms with Crippen LogP contribution in [0.25, 0.3) is 0 Å². The fourth-order valence-corrected chi connectivity index (χ4v) is 1.68. The monoisotopic (exact) mass is 332 g/mol. The molecule has 0 aliphatic rings. The van der Waals surface area contributed by atoms with Crippen LogP contribution in [-0.2, 0) is 19.1 Å². The summed E-state index contributed by atoms with van der Waals surface area (Å²) in [4.78, 5) is 34.2. The van der Waals surface area contributed by atoms with Crippen molar-refractivity contribution in [2.45, 2.75) is 65.1 Å². The van der Waals surface area contributed by atoms with Crippen LogP contribution in [-0.4, -0.2) is 54.0 Å². The summed E-state index contributed by atoms with van der Waals surface area (Å²) in [6.45, 7) is 9.23. The standard InChI is InChI=1S/C15H28N2O6/c1-6-22-13(20)10(2)16-9-7-8-11(12(18)19)17-14(21)23-15(3,4)5/h10-11,16H,6-9H2,1-5H3,(H,17,21)(H,18,19). The molecule has 1 amide bonds. The Bertz CT molecular complexity index is 405. The van der Waals surface area contributed by atoms with Crippen molar-refractivity contribution in [1.82, 2.24) is 10.6 Å². The summed E-state index contributed by atoms with van der Waals surface area (Å²) in [7, 11) is 0. The highest BCUT2D eigenvalue weighted by molar-refractivity contribution is 5.80. The predicted octanol–water partition coefficient (Wildman–Crippen LogP) is 1.29. The molecule has 0 saturated heterocycles. The third kappa shape index (κ3) is 10.5. The predicted molar refractivity (Wildman–Crippen MR) is 84.1 cm³/mol. The number of carboxylic acid groups (broad SMARTS) is 1. The molecule has 0 saturated carbocycles. The van der Waals surface area contributed by atoms with Crippen LogP contribution in [0.5, 0.6) is 0 Å². The Balaban J connectivity index is 4.18. The van der Waals surface area contributed by atoms with Gasteiger partial charge in [-0.25, -0.2) is 9.59 Å². The van der Waals surface area contributed by atoms with Crippen LogP contribution in [0.2, 0.25) is 0 Å². The minimum absolute atomic E-state index is 0.219. The largest absolute Gasteiger partial charge is 0.480 e. The van der Waals surface area contributed by atoms with Gasteiger partial charge < -0.3 is 25.2 Å². The lowest BCUT2D eigenvalue weighted by atomic mass is 10.1. The van der Waals surface area contributed by atoms with Gasteiger partial charge in [0.2, 0.25) is 0 Å². The van der Waals surface area contributed by atoms with E-state index in [1.165, 1.54) is 0 Å². The first kappa shape index (κ1) is 21.2. The summed E-state index contributed by atoms with van der Waals surface area (Å²) >= 11 is 0. The molecule has 8 heteroatoms. The number of alkyl carbamates (subject to hydrolysis) is 1. The van der Waals surface area contributed by atoms with Crippen LogP contribution >= 0.6 is 0 Å². The van der Waals surface area contributed by atoms with Gasteiger partial charge in [-0.05, 0) is 54.0 Å². The molecule has 23 heavy (non-hydrogen) atoms. The molecule has 3 N–H and O–H groups in total. The minimum atomic E-state index is -1.13. The van der Waals surface area contributed by atoms with Crippen LogP contribution in [0.1, 0.15) is 47.5 Å². The van der Waals surface area contributed by atoms with Gasteiger partial charge in [0.05, 0.1) is 6.61 Å². The van der Waals surface area contributed by atoms with Gasteiger partial charge in [-0.3, -0.25) is 4.79 Å². The molecule has 0 radical (unpaired) electrons. The maximum atomic E-state index is 11.6. The van der Waals surface area contributed by atoms with Crippen LogP contribution < -0.4 is 10.6 Å². The molecule has 0 fully saturated rings. The third-order valence-electron chi connectivity index (χ3n) is 2.75. The quantitative estimate of drug-likeness (QED) is 0.430. The normalized spacial score (nSPS) is 13.8. The Morgan fingerprint density at radius 3 is 2.30 bits per heavy atom. The first-order valence-electron chi connectivity index (χ1n) is 7.69. The van der Waals surface area contributed by atoms with Crippen molar-refractivity contribution in [3.8, 4) is 0 Å². The highest BCUT2D eigenvalue weighted by atomic mass is 16.6. The summed E-state index contributed by atoms with van der Waals surface area (Å²) in [6.07, 6.45) is -0.0778. The highest BCUT2D eigenvalue weighted by Gasteiger charge is 2.23. The molecule has 2 unspecified atom stereocenters. The van der Waals surface area contributed by atoms with E-state index < -0.39 is 29.7 Å². The Morgan fingerprint density at radius 2 is 1.83 bits per heavy atom. The first-order chi connectivity index (χ1) is 10.6. The summed E-state index contributed by atoms with van der Waals surface area (Å²) in [5.41, 5.74) is -0.691. The molecular formula is C15H28N2O6. The molecule has 0 rings (SSSR count). The third-order valence-corrected chi connectivity index (χ3v) is 2.75. The van der Waals surface area contributed by atoms with Crippen molar-refractivity contribution in [2.24, 2.45) is 0 Å². The maximum Gasteiger partial charge on any atom is 0.408 e. The van der Waals surface area contributed by atoms with Gasteiger partial charge in [0.25, 0.3) is 0 Å². The zero-order valence-corrected chi connectivity index (χ0v) is 14.5. The van der Waals surface area contributed by atoms with Crippen LogP contribution in [0.4, 0.5) is 4.79 Å². The van der Waals surface area contributed by atoms with E-state index in [9.17, 15) is 14.4 Å². The van der Waals surface area contributed by atoms with Crippen LogP contribution in [0.15, 0.2) is 0 Å². The topological polar surface area (TPSA) is 114 Å². The van der Waals surface area contributed by atoms with Gasteiger partial charge >= 0.3 is 18.0 Å². The second kappa shape index (κ2) is 10.0. The number of hydrogen-bond donors (Lipinski definition) is 3. The molecule has 0 aliphatic carbocycles. The average Bonchev–Trinajstić information content (AvgIpc) is 2.39. The van der Waals surface area contributed by atoms with Crippen molar-refractivity contribution >= 4 is 18.0 Å². The number of aliphatic carboxylic acids is 1. The summed E-state index contributed by atoms with van der Waals surface area (Å²) in [5.74, 6) is -1.48. The molecule has 0 aromatic rings. The van der Waals surface area contributed by atoms with Gasteiger partial charge in [0.15, 0.2) is 0 Å². The maximum absolute atomic E-state index is 11.6. The van der Waals surface area contributed by atoms with Crippen molar-refractivity contribution < 1.29 is 29.0 Å². The molecule has 0 bridgehead atoms. The summed E-state index contributed by atoms with van der Waals surface area (Å²) < 4.78 is 9.88. The number of rotatable bonds is 9. The lowest BCUT2D eigenvalue weighted by Crippen LogP contribution is -2.44. The first-order valence-corrected chi connectivity index (χ1v) is 7.69. The number of esters is 1. The summed E-state index contributed by atoms with van der Waals surface area (Å²) in [5, 5.41) is 14.4. The second-order valence-corrected chi connectivity index (χ2v) is 6.11. The smallest absolute Gasteiger partial charge is 0.408 e. The van der Waals surface area contributed by atoms with E-state index in [-0.39, 0.29) is 12.4 Å². The SMILES string of the molecule is CCOC(=O)C(C)NCCCC(NC(=O)OC(C)(C)C)C(=O)O. The lowest BCUT2D eigenvalue weighted by molar-refractivity contribution is -0.145. The van der Waals surface area contributed by atoms with E-state index in [2.05, 4.69) is 10.6 Å². The molecular weight excluding hydrogens is 304 g/mol. The van der Waals surface area contributed by atoms with Crippen molar-refractivity contribution in [3.05, 3.63) is 0 Å². The van der Waals surface area contributed by atoms with E-state index in [0.29, 0.717) is 19.6 Å². The van der Waals surface area contributed by atoms with Crippen LogP contribution in [0.3, 0.4) is 0 Å². The number of nitrogens with one attached hydrogen (secondary N) is 2. The molecule has 0 heterocycles. The number of hydrogen-bond acceptors (Lipinski definition) is 6. The molecule has 8 nitrogen and oxygen atoms in total. The zero-order valence-electron chi connectivity index (χ0n) is 14.5. The molecule has 0 aromatic heterocycles. The molecule has 0 aromatic carbocycles. The fourth-order valence-electron chi connectivity index (χ4n) is 1.68. The van der Waals surface area contributed by atoms with E-state index in [4.69, 9.17) is 14.6 Å². The van der Waals surface area contributed by atoms with Crippen molar-refractivity contribution in [2.75, 3.05) is 13.2 Å². The van der Waals surface area contributed by atoms with E-state index in [0.717, 1.165) is 0 Å². The molecule has 0 spiro atoms. The number of amides is 1. The Morgan fingerprint density at radius 1 is 1.22 bits per heavy atom. The Kier molecular flexibility index (Phi) is 9.24. The van der Waals surface area contributed by atoms with Gasteiger partial charge in [0, 0.05) is 0 Å². The number of carbonyl (C=O) groups is 3. The number of carboxylic acids is 1. The minimum Gasteiger partial charge on any atom is -0.480 e. The van der Waals surface area contributed by atoms with Crippen molar-refractivity contribution in [1.29, 1.82) is 0 Å². The highest BCUT2D eigenvalue weighted by Crippen LogP contribution is 2.07. The van der Waals surface area contributed by atoms with E-state index in [1.807, 2.05) is 0 Å². The van der Waals surface area contributed by atoms with Crippen LogP contribution in [0, 0.1) is 0 Å². The Labute approximate surface area is 136 Å². The van der Waals surface area contributed by atoms with Gasteiger partial charge in [0.1, 0.15) is 17.7 Å². The van der Waals surface area contributed by atoms with E-state index in [1.54, 1.807) is 34.6 Å². The fraction of sp³-hybridized carbons (Fsp3) is 0.800. The van der Waals surface area contributed by atoms with E-state index >= 15 is 0 Å². The van der Waals surface area contributed by atoms with Gasteiger partial charge in [-0.15, -0.1) is 0 Å². The molecule has 0 aliphatic heterocycles. The van der Waals surface area contributed by atoms with Crippen molar-refractivity contribution in [3.63, 3.8) is 0 Å². The summed E-state index contributed by atoms with van der Waals surface area (Å²) in [6, 6.07) is -1.50.